The number of thiazole rings is 1. The SMILES string of the molecule is CCN(CC)c1ccc(/C=C/c2sc3ccc(Cl)cc3[n+]2CCCS(=O)(=O)O)cc1. The van der Waals surface area contributed by atoms with Crippen LogP contribution >= 0.6 is 22.9 Å². The molecule has 2 aromatic carbocycles. The summed E-state index contributed by atoms with van der Waals surface area (Å²) in [5, 5.41) is 1.63. The summed E-state index contributed by atoms with van der Waals surface area (Å²) in [6.45, 7) is 6.71. The van der Waals surface area contributed by atoms with E-state index in [1.165, 1.54) is 5.69 Å². The highest BCUT2D eigenvalue weighted by Gasteiger charge is 2.20. The summed E-state index contributed by atoms with van der Waals surface area (Å²) in [5.74, 6) is -0.270. The van der Waals surface area contributed by atoms with Gasteiger partial charge in [-0.15, -0.1) is 0 Å². The van der Waals surface area contributed by atoms with E-state index in [9.17, 15) is 8.42 Å². The number of hydrogen-bond donors (Lipinski definition) is 1. The lowest BCUT2D eigenvalue weighted by molar-refractivity contribution is -0.668. The van der Waals surface area contributed by atoms with E-state index in [0.717, 1.165) is 33.9 Å². The fourth-order valence-electron chi connectivity index (χ4n) is 3.39. The quantitative estimate of drug-likeness (QED) is 0.351. The molecule has 3 aromatic rings. The van der Waals surface area contributed by atoms with Crippen LogP contribution in [0.1, 0.15) is 30.8 Å². The largest absolute Gasteiger partial charge is 0.372 e. The molecular weight excluding hydrogens is 440 g/mol. The number of fused-ring (bicyclic) bond motifs is 1. The molecule has 160 valence electrons. The van der Waals surface area contributed by atoms with Crippen molar-refractivity contribution in [3.63, 3.8) is 0 Å². The molecule has 1 aromatic heterocycles. The summed E-state index contributed by atoms with van der Waals surface area (Å²) >= 11 is 7.80. The molecule has 0 saturated carbocycles. The maximum Gasteiger partial charge on any atom is 0.265 e. The first-order valence-corrected chi connectivity index (χ1v) is 12.7. The minimum atomic E-state index is -3.98. The summed E-state index contributed by atoms with van der Waals surface area (Å²) in [5.41, 5.74) is 3.25. The molecular formula is C22H26ClN2O3S2+. The van der Waals surface area contributed by atoms with Crippen molar-refractivity contribution in [1.29, 1.82) is 0 Å². The summed E-state index contributed by atoms with van der Waals surface area (Å²) in [6, 6.07) is 14.1. The van der Waals surface area contributed by atoms with Crippen LogP contribution < -0.4 is 9.47 Å². The van der Waals surface area contributed by atoms with Gasteiger partial charge in [-0.25, -0.2) is 0 Å². The molecule has 0 fully saturated rings. The van der Waals surface area contributed by atoms with E-state index in [0.29, 0.717) is 18.0 Å². The molecule has 0 amide bonds. The summed E-state index contributed by atoms with van der Waals surface area (Å²) in [6.07, 6.45) is 4.41. The van der Waals surface area contributed by atoms with Gasteiger partial charge in [0, 0.05) is 42.4 Å². The maximum atomic E-state index is 11.1. The van der Waals surface area contributed by atoms with Crippen molar-refractivity contribution in [2.24, 2.45) is 0 Å². The van der Waals surface area contributed by atoms with Gasteiger partial charge in [0.1, 0.15) is 4.70 Å². The van der Waals surface area contributed by atoms with Crippen molar-refractivity contribution in [3.8, 4) is 0 Å². The van der Waals surface area contributed by atoms with Gasteiger partial charge in [0.15, 0.2) is 6.54 Å². The van der Waals surface area contributed by atoms with Crippen LogP contribution in [0.3, 0.4) is 0 Å². The minimum Gasteiger partial charge on any atom is -0.372 e. The first-order valence-electron chi connectivity index (χ1n) is 9.91. The average Bonchev–Trinajstić information content (AvgIpc) is 3.04. The first kappa shape index (κ1) is 22.7. The van der Waals surface area contributed by atoms with Crippen molar-refractivity contribution in [2.75, 3.05) is 23.7 Å². The zero-order valence-electron chi connectivity index (χ0n) is 17.1. The van der Waals surface area contributed by atoms with E-state index in [4.69, 9.17) is 16.2 Å². The van der Waals surface area contributed by atoms with Gasteiger partial charge in [-0.2, -0.15) is 13.0 Å². The Morgan fingerprint density at radius 2 is 1.80 bits per heavy atom. The van der Waals surface area contributed by atoms with Crippen molar-refractivity contribution in [3.05, 3.63) is 58.1 Å². The fraction of sp³-hybridized carbons (Fsp3) is 0.318. The minimum absolute atomic E-state index is 0.270. The maximum absolute atomic E-state index is 11.1. The normalized spacial score (nSPS) is 12.1. The predicted octanol–water partition coefficient (Wildman–Crippen LogP) is 5.14. The Kier molecular flexibility index (Phi) is 7.52. The molecule has 0 aliphatic carbocycles. The van der Waals surface area contributed by atoms with Gasteiger partial charge in [-0.05, 0) is 49.8 Å². The van der Waals surface area contributed by atoms with Crippen LogP contribution in [0.5, 0.6) is 0 Å². The molecule has 5 nitrogen and oxygen atoms in total. The molecule has 0 radical (unpaired) electrons. The number of rotatable bonds is 9. The summed E-state index contributed by atoms with van der Waals surface area (Å²) in [4.78, 5) is 2.30. The van der Waals surface area contributed by atoms with E-state index in [2.05, 4.69) is 53.7 Å². The number of aromatic nitrogens is 1. The molecule has 0 saturated heterocycles. The van der Waals surface area contributed by atoms with Crippen LogP contribution in [0.4, 0.5) is 5.69 Å². The topological polar surface area (TPSA) is 61.5 Å². The van der Waals surface area contributed by atoms with Crippen molar-refractivity contribution < 1.29 is 17.5 Å². The molecule has 0 atom stereocenters. The van der Waals surface area contributed by atoms with Crippen LogP contribution in [0.15, 0.2) is 42.5 Å². The Balaban J connectivity index is 1.88. The fourth-order valence-corrected chi connectivity index (χ4v) is 5.12. The Morgan fingerprint density at radius 3 is 2.43 bits per heavy atom. The van der Waals surface area contributed by atoms with Gasteiger partial charge in [0.05, 0.1) is 5.75 Å². The van der Waals surface area contributed by atoms with Crippen LogP contribution in [0.25, 0.3) is 22.4 Å². The zero-order chi connectivity index (χ0) is 21.7. The zero-order valence-corrected chi connectivity index (χ0v) is 19.5. The second-order valence-electron chi connectivity index (χ2n) is 6.94. The molecule has 0 spiro atoms. The molecule has 0 bridgehead atoms. The third kappa shape index (κ3) is 5.82. The van der Waals surface area contributed by atoms with E-state index in [1.807, 2.05) is 24.3 Å². The highest BCUT2D eigenvalue weighted by Crippen LogP contribution is 2.25. The Bertz CT molecular complexity index is 1140. The number of hydrogen-bond acceptors (Lipinski definition) is 4. The van der Waals surface area contributed by atoms with E-state index in [1.54, 1.807) is 11.3 Å². The van der Waals surface area contributed by atoms with Gasteiger partial charge in [-0.1, -0.05) is 35.1 Å². The molecule has 0 unspecified atom stereocenters. The van der Waals surface area contributed by atoms with Crippen LogP contribution in [-0.2, 0) is 16.7 Å². The smallest absolute Gasteiger partial charge is 0.265 e. The second-order valence-corrected chi connectivity index (χ2v) is 10.0. The van der Waals surface area contributed by atoms with Gasteiger partial charge < -0.3 is 4.90 Å². The van der Waals surface area contributed by atoms with Crippen LogP contribution in [0, 0.1) is 0 Å². The first-order chi connectivity index (χ1) is 14.3. The summed E-state index contributed by atoms with van der Waals surface area (Å²) < 4.78 is 34.4. The second kappa shape index (κ2) is 9.92. The Hall–Kier alpha value is -1.93. The Morgan fingerprint density at radius 1 is 1.10 bits per heavy atom. The lowest BCUT2D eigenvalue weighted by Gasteiger charge is -2.20. The van der Waals surface area contributed by atoms with E-state index in [-0.39, 0.29) is 5.75 Å². The standard InChI is InChI=1S/C22H25ClN2O3S2/c1-3-24(4-2)19-10-6-17(7-11-19)8-13-22-25(14-5-15-30(26,27)28)20-16-18(23)9-12-21(20)29-22/h6-13,16H,3-5,14-15H2,1-2H3/p+1. The van der Waals surface area contributed by atoms with Gasteiger partial charge in [0.2, 0.25) is 5.52 Å². The number of benzene rings is 2. The molecule has 3 rings (SSSR count). The highest BCUT2D eigenvalue weighted by atomic mass is 35.5. The van der Waals surface area contributed by atoms with Crippen molar-refractivity contribution >= 4 is 61.1 Å². The van der Waals surface area contributed by atoms with Crippen LogP contribution in [0.2, 0.25) is 5.02 Å². The highest BCUT2D eigenvalue weighted by molar-refractivity contribution is 7.85. The lowest BCUT2D eigenvalue weighted by Crippen LogP contribution is -2.36. The van der Waals surface area contributed by atoms with E-state index >= 15 is 0 Å². The summed E-state index contributed by atoms with van der Waals surface area (Å²) in [7, 11) is -3.98. The molecule has 0 aliphatic rings. The Labute approximate surface area is 187 Å². The van der Waals surface area contributed by atoms with E-state index < -0.39 is 10.1 Å². The molecule has 30 heavy (non-hydrogen) atoms. The van der Waals surface area contributed by atoms with Crippen molar-refractivity contribution in [1.82, 2.24) is 0 Å². The lowest BCUT2D eigenvalue weighted by atomic mass is 10.2. The number of halogens is 1. The molecule has 1 N–H and O–H groups in total. The monoisotopic (exact) mass is 465 g/mol. The number of anilines is 1. The van der Waals surface area contributed by atoms with Gasteiger partial charge in [0.25, 0.3) is 15.1 Å². The number of aryl methyl sites for hydroxylation is 1. The number of nitrogens with zero attached hydrogens (tertiary/aromatic N) is 2. The third-order valence-electron chi connectivity index (χ3n) is 4.92. The van der Waals surface area contributed by atoms with Gasteiger partial charge in [-0.3, -0.25) is 4.55 Å². The van der Waals surface area contributed by atoms with Crippen molar-refractivity contribution in [2.45, 2.75) is 26.8 Å². The molecule has 8 heteroatoms. The molecule has 1 heterocycles. The van der Waals surface area contributed by atoms with Crippen LogP contribution in [-0.4, -0.2) is 31.8 Å². The van der Waals surface area contributed by atoms with Gasteiger partial charge >= 0.3 is 0 Å². The average molecular weight is 466 g/mol. The molecule has 0 aliphatic heterocycles. The third-order valence-corrected chi connectivity index (χ3v) is 7.09. The predicted molar refractivity (Wildman–Crippen MR) is 127 cm³/mol.